The summed E-state index contributed by atoms with van der Waals surface area (Å²) in [4.78, 5) is 13.5. The lowest BCUT2D eigenvalue weighted by Crippen LogP contribution is -2.73. The Balaban J connectivity index is 2.25. The van der Waals surface area contributed by atoms with Gasteiger partial charge in [-0.05, 0) is 33.2 Å². The molecule has 1 N–H and O–H groups in total. The third-order valence-corrected chi connectivity index (χ3v) is 4.64. The van der Waals surface area contributed by atoms with Crippen LogP contribution in [0.4, 0.5) is 0 Å². The van der Waals surface area contributed by atoms with Gasteiger partial charge in [0.15, 0.2) is 0 Å². The number of carbonyl (C=O) groups excluding carboxylic acids is 1. The number of rotatable bonds is 2. The summed E-state index contributed by atoms with van der Waals surface area (Å²) < 4.78 is 0. The van der Waals surface area contributed by atoms with Crippen molar-refractivity contribution < 1.29 is 9.90 Å². The van der Waals surface area contributed by atoms with Crippen LogP contribution < -0.4 is 0 Å². The number of fused-ring (bicyclic) bond motifs is 1. The van der Waals surface area contributed by atoms with Crippen molar-refractivity contribution in [3.8, 4) is 0 Å². The lowest BCUT2D eigenvalue weighted by atomic mass is 9.53. The number of aliphatic hydroxyl groups is 1. The van der Waals surface area contributed by atoms with Gasteiger partial charge >= 0.3 is 0 Å². The minimum Gasteiger partial charge on any atom is -0.392 e. The Labute approximate surface area is 97.8 Å². The molecule has 1 saturated heterocycles. The Morgan fingerprint density at radius 2 is 2.06 bits per heavy atom. The SMILES string of the molecule is CC1(C)C(O)C2CCCN(C(C)(C)C=O)C21. The number of piperidine rings is 1. The van der Waals surface area contributed by atoms with Crippen molar-refractivity contribution in [2.75, 3.05) is 6.54 Å². The molecule has 2 aliphatic rings. The standard InChI is InChI=1S/C13H23NO2/c1-12(2,8-15)14-7-5-6-9-10(14)13(3,4)11(9)16/h8-11,16H,5-7H2,1-4H3. The zero-order valence-electron chi connectivity index (χ0n) is 10.7. The summed E-state index contributed by atoms with van der Waals surface area (Å²) in [5.41, 5.74) is -0.480. The fourth-order valence-electron chi connectivity index (χ4n) is 3.63. The number of aliphatic hydroxyl groups excluding tert-OH is 1. The molecule has 0 radical (unpaired) electrons. The Morgan fingerprint density at radius 3 is 2.62 bits per heavy atom. The maximum absolute atomic E-state index is 11.2. The third kappa shape index (κ3) is 1.45. The average molecular weight is 225 g/mol. The summed E-state index contributed by atoms with van der Waals surface area (Å²) in [5.74, 6) is 0.364. The highest BCUT2D eigenvalue weighted by atomic mass is 16.3. The highest BCUT2D eigenvalue weighted by Gasteiger charge is 2.60. The molecule has 3 heteroatoms. The molecular weight excluding hydrogens is 202 g/mol. The summed E-state index contributed by atoms with van der Waals surface area (Å²) in [6.07, 6.45) is 3.02. The molecule has 16 heavy (non-hydrogen) atoms. The quantitative estimate of drug-likeness (QED) is 0.723. The Kier molecular flexibility index (Phi) is 2.67. The van der Waals surface area contributed by atoms with Gasteiger partial charge in [0.25, 0.3) is 0 Å². The average Bonchev–Trinajstić information content (AvgIpc) is 2.27. The smallest absolute Gasteiger partial charge is 0.139 e. The van der Waals surface area contributed by atoms with Crippen LogP contribution in [0.1, 0.15) is 40.5 Å². The fraction of sp³-hybridized carbons (Fsp3) is 0.923. The first kappa shape index (κ1) is 12.1. The maximum atomic E-state index is 11.2. The largest absolute Gasteiger partial charge is 0.392 e. The second kappa shape index (κ2) is 3.54. The number of hydrogen-bond donors (Lipinski definition) is 1. The second-order valence-corrected chi connectivity index (χ2v) is 6.48. The van der Waals surface area contributed by atoms with E-state index in [9.17, 15) is 9.90 Å². The molecule has 0 spiro atoms. The number of nitrogens with zero attached hydrogens (tertiary/aromatic N) is 1. The molecule has 0 bridgehead atoms. The van der Waals surface area contributed by atoms with E-state index in [1.807, 2.05) is 13.8 Å². The summed E-state index contributed by atoms with van der Waals surface area (Å²) >= 11 is 0. The lowest BCUT2D eigenvalue weighted by Gasteiger charge is -2.64. The van der Waals surface area contributed by atoms with Crippen molar-refractivity contribution in [1.82, 2.24) is 4.90 Å². The van der Waals surface area contributed by atoms with E-state index in [4.69, 9.17) is 0 Å². The highest BCUT2D eigenvalue weighted by Crippen LogP contribution is 2.53. The molecule has 2 fully saturated rings. The fourth-order valence-corrected chi connectivity index (χ4v) is 3.63. The molecule has 3 atom stereocenters. The summed E-state index contributed by atoms with van der Waals surface area (Å²) in [6, 6.07) is 0.358. The van der Waals surface area contributed by atoms with E-state index in [0.29, 0.717) is 12.0 Å². The molecule has 1 aliphatic carbocycles. The third-order valence-electron chi connectivity index (χ3n) is 4.64. The summed E-state index contributed by atoms with van der Waals surface area (Å²) in [6.45, 7) is 9.14. The van der Waals surface area contributed by atoms with E-state index < -0.39 is 5.54 Å². The number of carbonyl (C=O) groups is 1. The van der Waals surface area contributed by atoms with Gasteiger partial charge in [0, 0.05) is 17.4 Å². The van der Waals surface area contributed by atoms with Crippen LogP contribution in [0.3, 0.4) is 0 Å². The van der Waals surface area contributed by atoms with Crippen molar-refractivity contribution in [3.05, 3.63) is 0 Å². The Bertz CT molecular complexity index is 298. The molecule has 0 aromatic carbocycles. The van der Waals surface area contributed by atoms with E-state index in [1.54, 1.807) is 0 Å². The van der Waals surface area contributed by atoms with E-state index in [-0.39, 0.29) is 11.5 Å². The first-order valence-electron chi connectivity index (χ1n) is 6.23. The minimum absolute atomic E-state index is 0.0780. The van der Waals surface area contributed by atoms with E-state index in [1.165, 1.54) is 0 Å². The molecule has 2 rings (SSSR count). The molecule has 0 aromatic heterocycles. The number of hydrogen-bond acceptors (Lipinski definition) is 3. The van der Waals surface area contributed by atoms with Gasteiger partial charge in [0.2, 0.25) is 0 Å². The number of likely N-dealkylation sites (tertiary alicyclic amines) is 1. The normalized spacial score (nSPS) is 38.7. The van der Waals surface area contributed by atoms with E-state index in [0.717, 1.165) is 25.7 Å². The molecule has 0 amide bonds. The summed E-state index contributed by atoms with van der Waals surface area (Å²) in [7, 11) is 0. The van der Waals surface area contributed by atoms with Crippen molar-refractivity contribution >= 4 is 6.29 Å². The van der Waals surface area contributed by atoms with E-state index in [2.05, 4.69) is 18.7 Å². The Hall–Kier alpha value is -0.410. The van der Waals surface area contributed by atoms with Crippen LogP contribution in [0.2, 0.25) is 0 Å². The van der Waals surface area contributed by atoms with Crippen molar-refractivity contribution in [2.24, 2.45) is 11.3 Å². The Morgan fingerprint density at radius 1 is 1.44 bits per heavy atom. The van der Waals surface area contributed by atoms with E-state index >= 15 is 0 Å². The van der Waals surface area contributed by atoms with Crippen molar-refractivity contribution in [3.63, 3.8) is 0 Å². The molecular formula is C13H23NO2. The predicted octanol–water partition coefficient (Wildman–Crippen LogP) is 1.45. The highest BCUT2D eigenvalue weighted by molar-refractivity contribution is 5.63. The number of aldehydes is 1. The lowest BCUT2D eigenvalue weighted by molar-refractivity contribution is -0.209. The van der Waals surface area contributed by atoms with Gasteiger partial charge < -0.3 is 9.90 Å². The molecule has 3 nitrogen and oxygen atoms in total. The topological polar surface area (TPSA) is 40.5 Å². The second-order valence-electron chi connectivity index (χ2n) is 6.48. The monoisotopic (exact) mass is 225 g/mol. The van der Waals surface area contributed by atoms with Crippen LogP contribution in [0.5, 0.6) is 0 Å². The van der Waals surface area contributed by atoms with Crippen LogP contribution in [0.25, 0.3) is 0 Å². The van der Waals surface area contributed by atoms with Gasteiger partial charge in [-0.25, -0.2) is 0 Å². The first-order chi connectivity index (χ1) is 7.32. The summed E-state index contributed by atoms with van der Waals surface area (Å²) in [5, 5.41) is 10.1. The van der Waals surface area contributed by atoms with Crippen LogP contribution in [0.15, 0.2) is 0 Å². The van der Waals surface area contributed by atoms with Gasteiger partial charge in [-0.2, -0.15) is 0 Å². The van der Waals surface area contributed by atoms with Gasteiger partial charge in [-0.1, -0.05) is 13.8 Å². The van der Waals surface area contributed by atoms with Crippen molar-refractivity contribution in [2.45, 2.75) is 58.2 Å². The zero-order valence-corrected chi connectivity index (χ0v) is 10.7. The van der Waals surface area contributed by atoms with Gasteiger partial charge in [-0.15, -0.1) is 0 Å². The van der Waals surface area contributed by atoms with Crippen molar-refractivity contribution in [1.29, 1.82) is 0 Å². The van der Waals surface area contributed by atoms with Crippen LogP contribution in [-0.2, 0) is 4.79 Å². The maximum Gasteiger partial charge on any atom is 0.139 e. The predicted molar refractivity (Wildman–Crippen MR) is 63.1 cm³/mol. The van der Waals surface area contributed by atoms with Gasteiger partial charge in [0.1, 0.15) is 6.29 Å². The molecule has 92 valence electrons. The van der Waals surface area contributed by atoms with Crippen LogP contribution in [-0.4, -0.2) is 40.5 Å². The van der Waals surface area contributed by atoms with Gasteiger partial charge in [-0.3, -0.25) is 4.90 Å². The minimum atomic E-state index is -0.402. The van der Waals surface area contributed by atoms with Crippen LogP contribution in [0, 0.1) is 11.3 Å². The zero-order chi connectivity index (χ0) is 12.1. The molecule has 1 heterocycles. The molecule has 1 saturated carbocycles. The van der Waals surface area contributed by atoms with Crippen LogP contribution >= 0.6 is 0 Å². The molecule has 1 aliphatic heterocycles. The first-order valence-corrected chi connectivity index (χ1v) is 6.23. The molecule has 3 unspecified atom stereocenters. The van der Waals surface area contributed by atoms with Gasteiger partial charge in [0.05, 0.1) is 11.6 Å². The molecule has 0 aromatic rings.